The van der Waals surface area contributed by atoms with E-state index in [0.717, 1.165) is 62.6 Å². The zero-order chi connectivity index (χ0) is 24.8. The molecule has 2 aliphatic rings. The average Bonchev–Trinajstić information content (AvgIpc) is 3.24. The van der Waals surface area contributed by atoms with Gasteiger partial charge in [-0.15, -0.1) is 5.10 Å². The molecule has 0 radical (unpaired) electrons. The average molecular weight is 481 g/mol. The van der Waals surface area contributed by atoms with Crippen LogP contribution in [0.2, 0.25) is 0 Å². The minimum absolute atomic E-state index is 0.163. The summed E-state index contributed by atoms with van der Waals surface area (Å²) in [7, 11) is 0. The van der Waals surface area contributed by atoms with E-state index in [2.05, 4.69) is 42.4 Å². The van der Waals surface area contributed by atoms with Crippen molar-refractivity contribution in [2.45, 2.75) is 109 Å². The molecule has 35 heavy (non-hydrogen) atoms. The SMILES string of the molecule is C=C(OCC)C1CC=C(c2cc(C3CCC(O)CC3)n3nc(N[C@@H](C)CCCCC)ncc23)CC1. The molecule has 2 aromatic heterocycles. The van der Waals surface area contributed by atoms with Crippen molar-refractivity contribution in [1.29, 1.82) is 0 Å². The maximum atomic E-state index is 10.1. The van der Waals surface area contributed by atoms with Gasteiger partial charge in [0.1, 0.15) is 0 Å². The summed E-state index contributed by atoms with van der Waals surface area (Å²) in [6, 6.07) is 2.70. The molecule has 0 bridgehead atoms. The fourth-order valence-corrected chi connectivity index (χ4v) is 5.67. The number of rotatable bonds is 11. The lowest BCUT2D eigenvalue weighted by Gasteiger charge is -2.25. The number of hydrogen-bond donors (Lipinski definition) is 2. The van der Waals surface area contributed by atoms with Gasteiger partial charge in [-0.3, -0.25) is 0 Å². The van der Waals surface area contributed by atoms with Gasteiger partial charge < -0.3 is 15.2 Å². The molecule has 0 spiro atoms. The first kappa shape index (κ1) is 25.7. The van der Waals surface area contributed by atoms with Crippen LogP contribution in [0, 0.1) is 5.92 Å². The Morgan fingerprint density at radius 1 is 1.23 bits per heavy atom. The van der Waals surface area contributed by atoms with Crippen LogP contribution in [-0.4, -0.2) is 38.5 Å². The van der Waals surface area contributed by atoms with Gasteiger partial charge in [0.05, 0.1) is 30.2 Å². The Bertz CT molecular complexity index is 1020. The molecule has 1 unspecified atom stereocenters. The summed E-state index contributed by atoms with van der Waals surface area (Å²) >= 11 is 0. The van der Waals surface area contributed by atoms with Gasteiger partial charge in [0.15, 0.2) is 0 Å². The van der Waals surface area contributed by atoms with Crippen molar-refractivity contribution < 1.29 is 9.84 Å². The molecule has 0 saturated heterocycles. The lowest BCUT2D eigenvalue weighted by atomic mass is 9.84. The van der Waals surface area contributed by atoms with Crippen LogP contribution < -0.4 is 5.32 Å². The lowest BCUT2D eigenvalue weighted by molar-refractivity contribution is 0.121. The smallest absolute Gasteiger partial charge is 0.241 e. The quantitative estimate of drug-likeness (QED) is 0.271. The summed E-state index contributed by atoms with van der Waals surface area (Å²) in [6.07, 6.45) is 15.8. The fourth-order valence-electron chi connectivity index (χ4n) is 5.67. The molecule has 1 fully saturated rings. The van der Waals surface area contributed by atoms with E-state index in [-0.39, 0.29) is 6.10 Å². The normalized spacial score (nSPS) is 23.7. The van der Waals surface area contributed by atoms with Gasteiger partial charge in [-0.1, -0.05) is 38.8 Å². The maximum Gasteiger partial charge on any atom is 0.241 e. The minimum atomic E-state index is -0.163. The summed E-state index contributed by atoms with van der Waals surface area (Å²) in [6.45, 7) is 11.3. The van der Waals surface area contributed by atoms with Crippen LogP contribution in [0.4, 0.5) is 5.95 Å². The zero-order valence-electron chi connectivity index (χ0n) is 21.9. The molecule has 6 nitrogen and oxygen atoms in total. The first-order valence-electron chi connectivity index (χ1n) is 13.8. The fraction of sp³-hybridized carbons (Fsp3) is 0.655. The Morgan fingerprint density at radius 2 is 2.03 bits per heavy atom. The third-order valence-electron chi connectivity index (χ3n) is 7.82. The number of aromatic nitrogens is 3. The molecule has 1 saturated carbocycles. The Kier molecular flexibility index (Phi) is 8.88. The molecule has 2 aliphatic carbocycles. The van der Waals surface area contributed by atoms with E-state index in [1.165, 1.54) is 36.1 Å². The zero-order valence-corrected chi connectivity index (χ0v) is 21.9. The Hall–Kier alpha value is -2.34. The van der Waals surface area contributed by atoms with Crippen molar-refractivity contribution in [3.05, 3.63) is 41.9 Å². The second-order valence-electron chi connectivity index (χ2n) is 10.5. The van der Waals surface area contributed by atoms with Gasteiger partial charge in [0, 0.05) is 29.1 Å². The Labute approximate surface area is 210 Å². The number of unbranched alkanes of at least 4 members (excludes halogenated alkanes) is 2. The number of ether oxygens (including phenoxy) is 1. The van der Waals surface area contributed by atoms with Crippen LogP contribution in [0.3, 0.4) is 0 Å². The number of allylic oxidation sites excluding steroid dienone is 3. The Morgan fingerprint density at radius 3 is 2.71 bits per heavy atom. The van der Waals surface area contributed by atoms with Crippen molar-refractivity contribution in [3.63, 3.8) is 0 Å². The number of aliphatic hydroxyl groups excluding tert-OH is 1. The number of aliphatic hydroxyl groups is 1. The number of fused-ring (bicyclic) bond motifs is 1. The van der Waals surface area contributed by atoms with E-state index < -0.39 is 0 Å². The van der Waals surface area contributed by atoms with Gasteiger partial charge in [-0.05, 0) is 76.9 Å². The summed E-state index contributed by atoms with van der Waals surface area (Å²) in [5.41, 5.74) is 4.98. The predicted molar refractivity (Wildman–Crippen MR) is 144 cm³/mol. The highest BCUT2D eigenvalue weighted by molar-refractivity contribution is 5.80. The first-order valence-corrected chi connectivity index (χ1v) is 13.8. The molecule has 0 aliphatic heterocycles. The second-order valence-corrected chi connectivity index (χ2v) is 10.5. The minimum Gasteiger partial charge on any atom is -0.499 e. The third kappa shape index (κ3) is 6.27. The molecule has 0 aromatic carbocycles. The van der Waals surface area contributed by atoms with Crippen LogP contribution in [-0.2, 0) is 4.74 Å². The van der Waals surface area contributed by atoms with Crippen LogP contribution >= 0.6 is 0 Å². The Balaban J connectivity index is 1.61. The summed E-state index contributed by atoms with van der Waals surface area (Å²) in [5, 5.41) is 18.6. The van der Waals surface area contributed by atoms with E-state index in [4.69, 9.17) is 14.8 Å². The molecular formula is C29H44N4O2. The molecule has 6 heteroatoms. The third-order valence-corrected chi connectivity index (χ3v) is 7.82. The number of hydrogen-bond acceptors (Lipinski definition) is 5. The summed E-state index contributed by atoms with van der Waals surface area (Å²) in [4.78, 5) is 4.72. The lowest BCUT2D eigenvalue weighted by Crippen LogP contribution is -2.20. The highest BCUT2D eigenvalue weighted by Crippen LogP contribution is 2.40. The van der Waals surface area contributed by atoms with Gasteiger partial charge in [-0.25, -0.2) is 9.50 Å². The van der Waals surface area contributed by atoms with E-state index in [1.54, 1.807) is 0 Å². The van der Waals surface area contributed by atoms with Crippen molar-refractivity contribution in [2.75, 3.05) is 11.9 Å². The van der Waals surface area contributed by atoms with Crippen molar-refractivity contribution in [3.8, 4) is 0 Å². The standard InChI is InChI=1S/C29H44N4O2/c1-5-7-8-9-20(3)31-29-30-19-28-26(23-12-10-22(11-13-23)21(4)35-6-2)18-27(33(28)32-29)24-14-16-25(34)17-15-24/h12,18-20,22,24-25,34H,4-11,13-17H2,1-3H3,(H,31,32)/t20-,22?,24?,25?/m0/s1. The van der Waals surface area contributed by atoms with E-state index in [1.807, 2.05) is 13.1 Å². The van der Waals surface area contributed by atoms with Crippen LogP contribution in [0.15, 0.2) is 30.7 Å². The van der Waals surface area contributed by atoms with Crippen molar-refractivity contribution in [2.24, 2.45) is 5.92 Å². The van der Waals surface area contributed by atoms with Crippen LogP contribution in [0.1, 0.15) is 109 Å². The number of nitrogens with one attached hydrogen (secondary N) is 1. The van der Waals surface area contributed by atoms with Crippen LogP contribution in [0.25, 0.3) is 11.1 Å². The molecular weight excluding hydrogens is 436 g/mol. The number of nitrogens with zero attached hydrogens (tertiary/aromatic N) is 3. The van der Waals surface area contributed by atoms with E-state index in [0.29, 0.717) is 30.4 Å². The van der Waals surface area contributed by atoms with Gasteiger partial charge in [0.2, 0.25) is 5.95 Å². The van der Waals surface area contributed by atoms with E-state index in [9.17, 15) is 5.11 Å². The molecule has 2 aromatic rings. The van der Waals surface area contributed by atoms with Gasteiger partial charge in [0.25, 0.3) is 0 Å². The molecule has 2 atom stereocenters. The monoisotopic (exact) mass is 480 g/mol. The molecule has 4 rings (SSSR count). The largest absolute Gasteiger partial charge is 0.499 e. The van der Waals surface area contributed by atoms with Crippen molar-refractivity contribution in [1.82, 2.24) is 14.6 Å². The predicted octanol–water partition coefficient (Wildman–Crippen LogP) is 6.86. The summed E-state index contributed by atoms with van der Waals surface area (Å²) < 4.78 is 7.82. The molecule has 2 N–H and O–H groups in total. The molecule has 2 heterocycles. The second kappa shape index (κ2) is 12.1. The highest BCUT2D eigenvalue weighted by Gasteiger charge is 2.27. The number of anilines is 1. The first-order chi connectivity index (χ1) is 17.0. The van der Waals surface area contributed by atoms with Crippen LogP contribution in [0.5, 0.6) is 0 Å². The summed E-state index contributed by atoms with van der Waals surface area (Å²) in [5.74, 6) is 2.43. The topological polar surface area (TPSA) is 71.7 Å². The van der Waals surface area contributed by atoms with Gasteiger partial charge in [-0.2, -0.15) is 0 Å². The molecule has 0 amide bonds. The highest BCUT2D eigenvalue weighted by atomic mass is 16.5. The van der Waals surface area contributed by atoms with E-state index >= 15 is 0 Å². The molecule has 192 valence electrons. The van der Waals surface area contributed by atoms with Crippen molar-refractivity contribution >= 4 is 17.0 Å². The maximum absolute atomic E-state index is 10.1. The van der Waals surface area contributed by atoms with Gasteiger partial charge >= 0.3 is 0 Å².